The van der Waals surface area contributed by atoms with E-state index in [0.717, 1.165) is 15.8 Å². The van der Waals surface area contributed by atoms with Gasteiger partial charge in [-0.05, 0) is 48.5 Å². The molecule has 0 radical (unpaired) electrons. The van der Waals surface area contributed by atoms with Gasteiger partial charge in [0.1, 0.15) is 12.4 Å². The van der Waals surface area contributed by atoms with E-state index in [-0.39, 0.29) is 12.5 Å². The second-order valence-electron chi connectivity index (χ2n) is 5.04. The Morgan fingerprint density at radius 1 is 1.13 bits per heavy atom. The highest BCUT2D eigenvalue weighted by atomic mass is 79.9. The van der Waals surface area contributed by atoms with E-state index in [1.165, 1.54) is 0 Å². The van der Waals surface area contributed by atoms with Gasteiger partial charge >= 0.3 is 0 Å². The van der Waals surface area contributed by atoms with Crippen molar-refractivity contribution in [3.63, 3.8) is 0 Å². The SMILES string of the molecule is NC(=O)c1ccc(NC(=O)C2=Cc3cc(Br)ccc3OC2)cc1. The van der Waals surface area contributed by atoms with Gasteiger partial charge in [0.05, 0.1) is 5.57 Å². The summed E-state index contributed by atoms with van der Waals surface area (Å²) in [5.41, 5.74) is 7.53. The average molecular weight is 373 g/mol. The van der Waals surface area contributed by atoms with Crippen molar-refractivity contribution < 1.29 is 14.3 Å². The molecule has 0 aliphatic carbocycles. The summed E-state index contributed by atoms with van der Waals surface area (Å²) in [6.07, 6.45) is 1.80. The Labute approximate surface area is 141 Å². The molecule has 6 heteroatoms. The highest BCUT2D eigenvalue weighted by Gasteiger charge is 2.17. The van der Waals surface area contributed by atoms with Gasteiger partial charge in [0.25, 0.3) is 5.91 Å². The number of nitrogens with one attached hydrogen (secondary N) is 1. The normalized spacial score (nSPS) is 12.7. The van der Waals surface area contributed by atoms with Gasteiger partial charge < -0.3 is 15.8 Å². The molecular weight excluding hydrogens is 360 g/mol. The maximum Gasteiger partial charge on any atom is 0.255 e. The van der Waals surface area contributed by atoms with Crippen molar-refractivity contribution in [1.29, 1.82) is 0 Å². The fourth-order valence-corrected chi connectivity index (χ4v) is 2.59. The molecule has 116 valence electrons. The molecule has 0 bridgehead atoms. The lowest BCUT2D eigenvalue weighted by Crippen LogP contribution is -2.21. The number of rotatable bonds is 3. The number of hydrogen-bond acceptors (Lipinski definition) is 3. The molecule has 1 aliphatic heterocycles. The quantitative estimate of drug-likeness (QED) is 0.868. The van der Waals surface area contributed by atoms with E-state index in [0.29, 0.717) is 16.8 Å². The highest BCUT2D eigenvalue weighted by molar-refractivity contribution is 9.10. The standard InChI is InChI=1S/C17H13BrN2O3/c18-13-3-6-15-11(8-13)7-12(9-23-15)17(22)20-14-4-1-10(2-5-14)16(19)21/h1-8H,9H2,(H2,19,21)(H,20,22). The van der Waals surface area contributed by atoms with Gasteiger partial charge in [-0.3, -0.25) is 9.59 Å². The van der Waals surface area contributed by atoms with Crippen LogP contribution in [0.5, 0.6) is 5.75 Å². The zero-order valence-electron chi connectivity index (χ0n) is 12.0. The largest absolute Gasteiger partial charge is 0.488 e. The lowest BCUT2D eigenvalue weighted by atomic mass is 10.1. The molecule has 0 saturated heterocycles. The average Bonchev–Trinajstić information content (AvgIpc) is 2.54. The molecule has 2 amide bonds. The summed E-state index contributed by atoms with van der Waals surface area (Å²) in [6.45, 7) is 0.208. The number of ether oxygens (including phenoxy) is 1. The Morgan fingerprint density at radius 3 is 2.57 bits per heavy atom. The number of carbonyl (C=O) groups excluding carboxylic acids is 2. The number of amides is 2. The van der Waals surface area contributed by atoms with Crippen molar-refractivity contribution in [3.8, 4) is 5.75 Å². The number of benzene rings is 2. The summed E-state index contributed by atoms with van der Waals surface area (Å²) >= 11 is 3.40. The first-order chi connectivity index (χ1) is 11.0. The Hall–Kier alpha value is -2.60. The molecule has 1 heterocycles. The number of halogens is 1. The van der Waals surface area contributed by atoms with Crippen LogP contribution in [0.15, 0.2) is 52.5 Å². The van der Waals surface area contributed by atoms with E-state index in [4.69, 9.17) is 10.5 Å². The predicted octanol–water partition coefficient (Wildman–Crippen LogP) is 2.96. The Morgan fingerprint density at radius 2 is 1.87 bits per heavy atom. The van der Waals surface area contributed by atoms with Crippen LogP contribution in [0.1, 0.15) is 15.9 Å². The van der Waals surface area contributed by atoms with Crippen LogP contribution in [-0.4, -0.2) is 18.4 Å². The summed E-state index contributed by atoms with van der Waals surface area (Å²) in [4.78, 5) is 23.3. The topological polar surface area (TPSA) is 81.4 Å². The molecule has 2 aromatic rings. The first kappa shape index (κ1) is 15.3. The van der Waals surface area contributed by atoms with Crippen molar-refractivity contribution in [3.05, 3.63) is 63.6 Å². The van der Waals surface area contributed by atoms with Gasteiger partial charge in [-0.2, -0.15) is 0 Å². The summed E-state index contributed by atoms with van der Waals surface area (Å²) in [5.74, 6) is -0.00791. The molecule has 0 atom stereocenters. The monoisotopic (exact) mass is 372 g/mol. The van der Waals surface area contributed by atoms with Crippen LogP contribution in [0.4, 0.5) is 5.69 Å². The van der Waals surface area contributed by atoms with Gasteiger partial charge in [0.15, 0.2) is 0 Å². The fraction of sp³-hybridized carbons (Fsp3) is 0.0588. The maximum atomic E-state index is 12.3. The summed E-state index contributed by atoms with van der Waals surface area (Å²) in [6, 6.07) is 12.0. The molecule has 1 aliphatic rings. The zero-order valence-corrected chi connectivity index (χ0v) is 13.6. The van der Waals surface area contributed by atoms with Gasteiger partial charge in [-0.25, -0.2) is 0 Å². The van der Waals surface area contributed by atoms with Gasteiger partial charge in [-0.1, -0.05) is 15.9 Å². The van der Waals surface area contributed by atoms with Crippen LogP contribution in [0.2, 0.25) is 0 Å². The van der Waals surface area contributed by atoms with Crippen LogP contribution in [0, 0.1) is 0 Å². The van der Waals surface area contributed by atoms with Crippen LogP contribution < -0.4 is 15.8 Å². The molecule has 2 aromatic carbocycles. The number of nitrogens with two attached hydrogens (primary N) is 1. The van der Waals surface area contributed by atoms with E-state index in [9.17, 15) is 9.59 Å². The van der Waals surface area contributed by atoms with Crippen LogP contribution >= 0.6 is 15.9 Å². The first-order valence-corrected chi connectivity index (χ1v) is 7.66. The molecule has 0 spiro atoms. The third-order valence-corrected chi connectivity index (χ3v) is 3.90. The van der Waals surface area contributed by atoms with E-state index in [2.05, 4.69) is 21.2 Å². The maximum absolute atomic E-state index is 12.3. The number of carbonyl (C=O) groups is 2. The lowest BCUT2D eigenvalue weighted by molar-refractivity contribution is -0.113. The summed E-state index contributed by atoms with van der Waals surface area (Å²) in [7, 11) is 0. The van der Waals surface area contributed by atoms with Crippen molar-refractivity contribution in [2.75, 3.05) is 11.9 Å². The van der Waals surface area contributed by atoms with Gasteiger partial charge in [0, 0.05) is 21.3 Å². The molecule has 0 aromatic heterocycles. The van der Waals surface area contributed by atoms with Crippen LogP contribution in [0.3, 0.4) is 0 Å². The van der Waals surface area contributed by atoms with E-state index >= 15 is 0 Å². The lowest BCUT2D eigenvalue weighted by Gasteiger charge is -2.18. The van der Waals surface area contributed by atoms with Gasteiger partial charge in [-0.15, -0.1) is 0 Å². The van der Waals surface area contributed by atoms with E-state index in [1.807, 2.05) is 18.2 Å². The highest BCUT2D eigenvalue weighted by Crippen LogP contribution is 2.29. The number of fused-ring (bicyclic) bond motifs is 1. The van der Waals surface area contributed by atoms with Crippen LogP contribution in [0.25, 0.3) is 6.08 Å². The second-order valence-corrected chi connectivity index (χ2v) is 5.95. The van der Waals surface area contributed by atoms with Crippen molar-refractivity contribution >= 4 is 39.5 Å². The van der Waals surface area contributed by atoms with E-state index < -0.39 is 5.91 Å². The summed E-state index contributed by atoms with van der Waals surface area (Å²) < 4.78 is 6.51. The van der Waals surface area contributed by atoms with Crippen molar-refractivity contribution in [2.45, 2.75) is 0 Å². The second kappa shape index (κ2) is 6.26. The third kappa shape index (κ3) is 3.43. The minimum Gasteiger partial charge on any atom is -0.488 e. The summed E-state index contributed by atoms with van der Waals surface area (Å²) in [5, 5.41) is 2.77. The fourth-order valence-electron chi connectivity index (χ4n) is 2.21. The minimum absolute atomic E-state index is 0.208. The number of hydrogen-bond donors (Lipinski definition) is 2. The molecule has 3 rings (SSSR count). The first-order valence-electron chi connectivity index (χ1n) is 6.87. The molecule has 0 unspecified atom stereocenters. The molecule has 3 N–H and O–H groups in total. The third-order valence-electron chi connectivity index (χ3n) is 3.40. The number of primary amides is 1. The molecule has 5 nitrogen and oxygen atoms in total. The van der Waals surface area contributed by atoms with Gasteiger partial charge in [0.2, 0.25) is 5.91 Å². The number of anilines is 1. The molecule has 0 saturated carbocycles. The Balaban J connectivity index is 1.77. The zero-order chi connectivity index (χ0) is 16.4. The van der Waals surface area contributed by atoms with Crippen molar-refractivity contribution in [2.24, 2.45) is 5.73 Å². The molecule has 23 heavy (non-hydrogen) atoms. The molecule has 0 fully saturated rings. The molecular formula is C17H13BrN2O3. The Bertz CT molecular complexity index is 813. The van der Waals surface area contributed by atoms with E-state index in [1.54, 1.807) is 30.3 Å². The smallest absolute Gasteiger partial charge is 0.255 e. The van der Waals surface area contributed by atoms with Crippen molar-refractivity contribution in [1.82, 2.24) is 0 Å². The minimum atomic E-state index is -0.506. The predicted molar refractivity (Wildman–Crippen MR) is 91.2 cm³/mol. The Kier molecular flexibility index (Phi) is 4.16. The van der Waals surface area contributed by atoms with Crippen LogP contribution in [-0.2, 0) is 4.79 Å².